The van der Waals surface area contributed by atoms with Gasteiger partial charge in [-0.05, 0) is 57.6 Å². The van der Waals surface area contributed by atoms with Gasteiger partial charge >= 0.3 is 5.97 Å². The predicted molar refractivity (Wildman–Crippen MR) is 131 cm³/mol. The number of esters is 1. The molecule has 0 radical (unpaired) electrons. The number of anilines is 1. The van der Waals surface area contributed by atoms with Crippen molar-refractivity contribution in [2.45, 2.75) is 84.1 Å². The Morgan fingerprint density at radius 2 is 1.91 bits per heavy atom. The highest BCUT2D eigenvalue weighted by Crippen LogP contribution is 2.63. The first-order valence-electron chi connectivity index (χ1n) is 12.7. The maximum atomic E-state index is 14.1. The number of hydrogen-bond acceptors (Lipinski definition) is 6. The Hall–Kier alpha value is -2.45. The SMILES string of the molecule is CCOC(=O)[C@@H]1[C@H]2C(=O)N([C@@H](CO)[C@@H](C)CC)C(C(=O)Nc3c(C)cccc3C)C23CC[C@@]1(C)O3. The summed E-state index contributed by atoms with van der Waals surface area (Å²) in [5.74, 6) is -2.80. The topological polar surface area (TPSA) is 105 Å². The Morgan fingerprint density at radius 1 is 1.26 bits per heavy atom. The number of aliphatic hydroxyl groups excluding tert-OH is 1. The second kappa shape index (κ2) is 9.21. The molecule has 2 unspecified atom stereocenters. The molecular formula is C27H38N2O6. The zero-order chi connectivity index (χ0) is 25.7. The quantitative estimate of drug-likeness (QED) is 0.548. The molecule has 3 aliphatic heterocycles. The number of nitrogens with one attached hydrogen (secondary N) is 1. The molecule has 1 spiro atoms. The number of para-hydroxylation sites is 1. The summed E-state index contributed by atoms with van der Waals surface area (Å²) in [5.41, 5.74) is 0.509. The minimum Gasteiger partial charge on any atom is -0.466 e. The minimum absolute atomic E-state index is 0.0523. The maximum absolute atomic E-state index is 14.1. The second-order valence-corrected chi connectivity index (χ2v) is 10.6. The molecule has 35 heavy (non-hydrogen) atoms. The highest BCUT2D eigenvalue weighted by Gasteiger charge is 2.79. The average Bonchev–Trinajstić information content (AvgIpc) is 3.38. The Bertz CT molecular complexity index is 1010. The fraction of sp³-hybridized carbons (Fsp3) is 0.667. The van der Waals surface area contributed by atoms with Crippen molar-refractivity contribution in [2.75, 3.05) is 18.5 Å². The first-order valence-corrected chi connectivity index (χ1v) is 12.7. The number of nitrogens with zero attached hydrogens (tertiary/aromatic N) is 1. The molecule has 2 bridgehead atoms. The van der Waals surface area contributed by atoms with Gasteiger partial charge in [-0.2, -0.15) is 0 Å². The van der Waals surface area contributed by atoms with Crippen LogP contribution in [0.3, 0.4) is 0 Å². The molecule has 0 saturated carbocycles. The van der Waals surface area contributed by atoms with Gasteiger partial charge in [0.1, 0.15) is 17.6 Å². The molecule has 2 amide bonds. The molecule has 3 fully saturated rings. The molecule has 1 aromatic carbocycles. The van der Waals surface area contributed by atoms with Crippen LogP contribution in [0.4, 0.5) is 5.69 Å². The summed E-state index contributed by atoms with van der Waals surface area (Å²) in [6.45, 7) is 11.3. The van der Waals surface area contributed by atoms with Crippen LogP contribution in [-0.4, -0.2) is 64.3 Å². The maximum Gasteiger partial charge on any atom is 0.312 e. The average molecular weight is 487 g/mol. The predicted octanol–water partition coefficient (Wildman–Crippen LogP) is 2.98. The summed E-state index contributed by atoms with van der Waals surface area (Å²) in [7, 11) is 0. The van der Waals surface area contributed by atoms with Crippen LogP contribution in [0.25, 0.3) is 0 Å². The van der Waals surface area contributed by atoms with Crippen LogP contribution >= 0.6 is 0 Å². The van der Waals surface area contributed by atoms with E-state index in [9.17, 15) is 19.5 Å². The van der Waals surface area contributed by atoms with E-state index in [2.05, 4.69) is 5.32 Å². The lowest BCUT2D eigenvalue weighted by Crippen LogP contribution is -2.57. The summed E-state index contributed by atoms with van der Waals surface area (Å²) >= 11 is 0. The first kappa shape index (κ1) is 25.6. The second-order valence-electron chi connectivity index (χ2n) is 10.6. The van der Waals surface area contributed by atoms with Gasteiger partial charge in [0, 0.05) is 5.69 Å². The van der Waals surface area contributed by atoms with Gasteiger partial charge in [0.05, 0.1) is 30.8 Å². The van der Waals surface area contributed by atoms with Crippen molar-refractivity contribution in [3.63, 3.8) is 0 Å². The highest BCUT2D eigenvalue weighted by atomic mass is 16.6. The summed E-state index contributed by atoms with van der Waals surface area (Å²) in [5, 5.41) is 13.4. The largest absolute Gasteiger partial charge is 0.466 e. The third-order valence-electron chi connectivity index (χ3n) is 8.58. The smallest absolute Gasteiger partial charge is 0.312 e. The van der Waals surface area contributed by atoms with E-state index in [1.807, 2.05) is 52.8 Å². The molecule has 3 heterocycles. The van der Waals surface area contributed by atoms with E-state index >= 15 is 0 Å². The number of rotatable bonds is 8. The number of carbonyl (C=O) groups excluding carboxylic acids is 3. The third-order valence-corrected chi connectivity index (χ3v) is 8.58. The summed E-state index contributed by atoms with van der Waals surface area (Å²) in [6.07, 6.45) is 1.75. The number of hydrogen-bond donors (Lipinski definition) is 2. The fourth-order valence-corrected chi connectivity index (χ4v) is 6.63. The molecule has 3 saturated heterocycles. The molecule has 7 atom stereocenters. The van der Waals surface area contributed by atoms with E-state index in [-0.39, 0.29) is 30.9 Å². The Morgan fingerprint density at radius 3 is 2.49 bits per heavy atom. The molecular weight excluding hydrogens is 448 g/mol. The van der Waals surface area contributed by atoms with Crippen LogP contribution in [0.5, 0.6) is 0 Å². The number of benzene rings is 1. The van der Waals surface area contributed by atoms with Crippen molar-refractivity contribution in [3.05, 3.63) is 29.3 Å². The van der Waals surface area contributed by atoms with E-state index in [0.717, 1.165) is 17.5 Å². The minimum atomic E-state index is -1.15. The van der Waals surface area contributed by atoms with Gasteiger partial charge in [0.25, 0.3) is 0 Å². The van der Waals surface area contributed by atoms with E-state index in [4.69, 9.17) is 9.47 Å². The van der Waals surface area contributed by atoms with Crippen LogP contribution in [0.1, 0.15) is 58.1 Å². The van der Waals surface area contributed by atoms with Gasteiger partial charge in [-0.15, -0.1) is 0 Å². The van der Waals surface area contributed by atoms with Crippen molar-refractivity contribution in [3.8, 4) is 0 Å². The molecule has 4 rings (SSSR count). The molecule has 192 valence electrons. The van der Waals surface area contributed by atoms with Gasteiger partial charge in [0.15, 0.2) is 0 Å². The molecule has 3 aliphatic rings. The zero-order valence-corrected chi connectivity index (χ0v) is 21.6. The number of aliphatic hydroxyl groups is 1. The van der Waals surface area contributed by atoms with Gasteiger partial charge in [0.2, 0.25) is 11.8 Å². The van der Waals surface area contributed by atoms with Gasteiger partial charge in [-0.3, -0.25) is 14.4 Å². The van der Waals surface area contributed by atoms with Gasteiger partial charge in [-0.1, -0.05) is 38.5 Å². The Kier molecular flexibility index (Phi) is 6.74. The lowest BCUT2D eigenvalue weighted by Gasteiger charge is -2.39. The van der Waals surface area contributed by atoms with Crippen molar-refractivity contribution < 1.29 is 29.0 Å². The molecule has 0 aromatic heterocycles. The Labute approximate surface area is 207 Å². The third kappa shape index (κ3) is 3.76. The summed E-state index contributed by atoms with van der Waals surface area (Å²) in [4.78, 5) is 42.8. The van der Waals surface area contributed by atoms with E-state index < -0.39 is 41.1 Å². The fourth-order valence-electron chi connectivity index (χ4n) is 6.63. The first-order chi connectivity index (χ1) is 16.6. The van der Waals surface area contributed by atoms with Crippen LogP contribution in [-0.2, 0) is 23.9 Å². The molecule has 0 aliphatic carbocycles. The number of likely N-dealkylation sites (tertiary alicyclic amines) is 1. The van der Waals surface area contributed by atoms with Crippen LogP contribution in [0, 0.1) is 31.6 Å². The van der Waals surface area contributed by atoms with Crippen LogP contribution in [0.2, 0.25) is 0 Å². The lowest BCUT2D eigenvalue weighted by molar-refractivity contribution is -0.160. The number of amides is 2. The standard InChI is InChI=1S/C27H38N2O6/c1-7-15(3)18(14-30)29-22(23(31)28-21-16(4)10-9-11-17(21)5)27-13-12-26(6,35-27)20(19(27)24(29)32)25(33)34-8-2/h9-11,15,18-20,22,30H,7-8,12-14H2,1-6H3,(H,28,31)/t15-,18-,19-,20-,22?,26+,27?/m0/s1. The number of aryl methyl sites for hydroxylation is 2. The Balaban J connectivity index is 1.82. The highest BCUT2D eigenvalue weighted by molar-refractivity contribution is 6.04. The van der Waals surface area contributed by atoms with E-state index in [0.29, 0.717) is 18.5 Å². The van der Waals surface area contributed by atoms with E-state index in [1.165, 1.54) is 4.90 Å². The van der Waals surface area contributed by atoms with Gasteiger partial charge in [-0.25, -0.2) is 0 Å². The van der Waals surface area contributed by atoms with Gasteiger partial charge < -0.3 is 24.8 Å². The molecule has 2 N–H and O–H groups in total. The van der Waals surface area contributed by atoms with E-state index in [1.54, 1.807) is 6.92 Å². The summed E-state index contributed by atoms with van der Waals surface area (Å²) < 4.78 is 12.0. The number of ether oxygens (including phenoxy) is 2. The van der Waals surface area contributed by atoms with Crippen molar-refractivity contribution in [1.82, 2.24) is 4.90 Å². The number of fused-ring (bicyclic) bond motifs is 1. The molecule has 8 heteroatoms. The monoisotopic (exact) mass is 486 g/mol. The van der Waals surface area contributed by atoms with Crippen molar-refractivity contribution in [1.29, 1.82) is 0 Å². The molecule has 1 aromatic rings. The normalized spacial score (nSPS) is 32.9. The van der Waals surface area contributed by atoms with Crippen LogP contribution in [0.15, 0.2) is 18.2 Å². The summed E-state index contributed by atoms with van der Waals surface area (Å²) in [6, 6.07) is 4.24. The molecule has 8 nitrogen and oxygen atoms in total. The van der Waals surface area contributed by atoms with Crippen molar-refractivity contribution >= 4 is 23.5 Å². The number of carbonyl (C=O) groups is 3. The van der Waals surface area contributed by atoms with Crippen molar-refractivity contribution in [2.24, 2.45) is 17.8 Å². The van der Waals surface area contributed by atoms with Crippen LogP contribution < -0.4 is 5.32 Å². The zero-order valence-electron chi connectivity index (χ0n) is 21.6. The lowest BCUT2D eigenvalue weighted by atomic mass is 9.66.